The Kier molecular flexibility index (Phi) is 12.4. The molecule has 0 bridgehead atoms. The molecule has 0 fully saturated rings. The highest BCUT2D eigenvalue weighted by atomic mass is 16.5. The third-order valence-electron chi connectivity index (χ3n) is 2.89. The van der Waals surface area contributed by atoms with Gasteiger partial charge in [0.2, 0.25) is 5.91 Å². The highest BCUT2D eigenvalue weighted by molar-refractivity contribution is 5.91. The maximum Gasteiger partial charge on any atom is 0.334 e. The maximum atomic E-state index is 11.5. The van der Waals surface area contributed by atoms with E-state index in [1.807, 2.05) is 30.3 Å². The van der Waals surface area contributed by atoms with E-state index < -0.39 is 11.9 Å². The lowest BCUT2D eigenvalue weighted by molar-refractivity contribution is -0.140. The minimum absolute atomic E-state index is 0.167. The number of allylic oxidation sites excluding steroid dienone is 1. The van der Waals surface area contributed by atoms with E-state index in [1.165, 1.54) is 13.2 Å². The van der Waals surface area contributed by atoms with Crippen LogP contribution in [0, 0.1) is 0 Å². The molecule has 0 saturated carbocycles. The number of rotatable bonds is 9. The molecule has 0 aliphatic heterocycles. The second kappa shape index (κ2) is 14.0. The Balaban J connectivity index is 0.000000636. The number of methoxy groups -OCH3 is 1. The van der Waals surface area contributed by atoms with Gasteiger partial charge in [0.05, 0.1) is 0 Å². The van der Waals surface area contributed by atoms with Crippen molar-refractivity contribution in [2.24, 2.45) is 0 Å². The number of carboxylic acid groups (broad SMARTS) is 1. The summed E-state index contributed by atoms with van der Waals surface area (Å²) in [6.45, 7) is 9.05. The number of benzene rings is 1. The molecule has 1 rings (SSSR count). The molecule has 0 atom stereocenters. The zero-order valence-electron chi connectivity index (χ0n) is 15.6. The number of ether oxygens (including phenoxy) is 2. The summed E-state index contributed by atoms with van der Waals surface area (Å²) in [6, 6.07) is 9.28. The number of carbonyl (C=O) groups is 3. The summed E-state index contributed by atoms with van der Waals surface area (Å²) < 4.78 is 9.62. The minimum atomic E-state index is -1.06. The molecule has 0 unspecified atom stereocenters. The molecule has 0 aliphatic carbocycles. The van der Waals surface area contributed by atoms with Crippen LogP contribution in [-0.2, 0) is 30.5 Å². The van der Waals surface area contributed by atoms with Crippen LogP contribution in [0.1, 0.15) is 18.9 Å². The molecule has 0 aliphatic rings. The van der Waals surface area contributed by atoms with Crippen LogP contribution in [0.2, 0.25) is 0 Å². The first-order valence-corrected chi connectivity index (χ1v) is 7.98. The molecule has 146 valence electrons. The number of hydrogen-bond donors (Lipinski definition) is 2. The number of esters is 1. The van der Waals surface area contributed by atoms with Crippen molar-refractivity contribution in [3.63, 3.8) is 0 Å². The zero-order valence-corrected chi connectivity index (χ0v) is 15.6. The summed E-state index contributed by atoms with van der Waals surface area (Å²) in [6.07, 6.45) is 2.49. The zero-order chi connectivity index (χ0) is 20.7. The molecule has 0 spiro atoms. The predicted molar refractivity (Wildman–Crippen MR) is 102 cm³/mol. The Bertz CT molecular complexity index is 679. The second-order valence-corrected chi connectivity index (χ2v) is 5.33. The van der Waals surface area contributed by atoms with Gasteiger partial charge in [0.1, 0.15) is 13.3 Å². The van der Waals surface area contributed by atoms with Crippen LogP contribution in [0.4, 0.5) is 0 Å². The normalized spacial score (nSPS) is 9.70. The van der Waals surface area contributed by atoms with Gasteiger partial charge in [-0.25, -0.2) is 9.59 Å². The summed E-state index contributed by atoms with van der Waals surface area (Å²) in [4.78, 5) is 32.3. The van der Waals surface area contributed by atoms with Crippen LogP contribution in [0.15, 0.2) is 66.8 Å². The van der Waals surface area contributed by atoms with E-state index in [9.17, 15) is 14.4 Å². The number of carboxylic acids is 1. The van der Waals surface area contributed by atoms with Gasteiger partial charge in [0, 0.05) is 24.3 Å². The summed E-state index contributed by atoms with van der Waals surface area (Å²) in [7, 11) is 1.51. The molecule has 0 aromatic heterocycles. The maximum absolute atomic E-state index is 11.5. The number of hydrogen-bond acceptors (Lipinski definition) is 5. The van der Waals surface area contributed by atoms with Crippen LogP contribution in [-0.4, -0.2) is 36.8 Å². The molecule has 0 saturated heterocycles. The topological polar surface area (TPSA) is 102 Å². The highest BCUT2D eigenvalue weighted by Gasteiger charge is 2.07. The summed E-state index contributed by atoms with van der Waals surface area (Å²) in [5, 5.41) is 10.9. The smallest absolute Gasteiger partial charge is 0.334 e. The Labute approximate surface area is 159 Å². The van der Waals surface area contributed by atoms with Crippen LogP contribution in [0.5, 0.6) is 0 Å². The molecule has 0 radical (unpaired) electrons. The first-order chi connectivity index (χ1) is 12.8. The van der Waals surface area contributed by atoms with Crippen LogP contribution in [0.25, 0.3) is 0 Å². The quantitative estimate of drug-likeness (QED) is 0.391. The number of carbonyl (C=O) groups excluding carboxylic acids is 2. The Morgan fingerprint density at radius 3 is 2.33 bits per heavy atom. The van der Waals surface area contributed by atoms with E-state index in [0.717, 1.165) is 11.6 Å². The van der Waals surface area contributed by atoms with E-state index in [4.69, 9.17) is 9.84 Å². The van der Waals surface area contributed by atoms with E-state index in [2.05, 4.69) is 23.2 Å². The molecule has 7 heteroatoms. The first-order valence-electron chi connectivity index (χ1n) is 7.98. The fourth-order valence-electron chi connectivity index (χ4n) is 1.50. The molecule has 1 amide bonds. The highest BCUT2D eigenvalue weighted by Crippen LogP contribution is 2.06. The molecular formula is C20H25NO6. The summed E-state index contributed by atoms with van der Waals surface area (Å²) in [5.74, 6) is -1.74. The summed E-state index contributed by atoms with van der Waals surface area (Å²) in [5.41, 5.74) is 1.61. The average molecular weight is 375 g/mol. The fraction of sp³-hybridized carbons (Fsp3) is 0.250. The van der Waals surface area contributed by atoms with Gasteiger partial charge in [-0.05, 0) is 18.9 Å². The molecule has 0 heterocycles. The van der Waals surface area contributed by atoms with Crippen LogP contribution < -0.4 is 5.32 Å². The average Bonchev–Trinajstić information content (AvgIpc) is 2.64. The van der Waals surface area contributed by atoms with Crippen molar-refractivity contribution in [2.45, 2.75) is 20.0 Å². The largest absolute Gasteiger partial charge is 0.478 e. The van der Waals surface area contributed by atoms with Crippen molar-refractivity contribution in [2.75, 3.05) is 13.8 Å². The van der Waals surface area contributed by atoms with Gasteiger partial charge < -0.3 is 19.9 Å². The number of amides is 1. The summed E-state index contributed by atoms with van der Waals surface area (Å²) >= 11 is 0. The van der Waals surface area contributed by atoms with E-state index in [0.29, 0.717) is 5.57 Å². The van der Waals surface area contributed by atoms with Gasteiger partial charge in [-0.1, -0.05) is 49.6 Å². The van der Waals surface area contributed by atoms with Crippen molar-refractivity contribution in [1.29, 1.82) is 0 Å². The van der Waals surface area contributed by atoms with Crippen molar-refractivity contribution in [3.05, 3.63) is 72.4 Å². The number of aliphatic carboxylic acids is 1. The Hall–Kier alpha value is -3.19. The SMILES string of the molecule is C=C(C)C(=O)NCOC.C=C(CC=CC(=O)O)C(=O)OCc1ccccc1. The van der Waals surface area contributed by atoms with Crippen molar-refractivity contribution < 1.29 is 29.0 Å². The minimum Gasteiger partial charge on any atom is -0.478 e. The van der Waals surface area contributed by atoms with Crippen LogP contribution in [0.3, 0.4) is 0 Å². The molecule has 7 nitrogen and oxygen atoms in total. The lowest BCUT2D eigenvalue weighted by Crippen LogP contribution is -2.25. The lowest BCUT2D eigenvalue weighted by Gasteiger charge is -2.05. The van der Waals surface area contributed by atoms with Crippen molar-refractivity contribution >= 4 is 17.8 Å². The molecule has 2 N–H and O–H groups in total. The lowest BCUT2D eigenvalue weighted by atomic mass is 10.2. The molecule has 1 aromatic carbocycles. The molecular weight excluding hydrogens is 350 g/mol. The first kappa shape index (κ1) is 23.8. The van der Waals surface area contributed by atoms with Crippen molar-refractivity contribution in [3.8, 4) is 0 Å². The number of nitrogens with one attached hydrogen (secondary N) is 1. The van der Waals surface area contributed by atoms with Gasteiger partial charge >= 0.3 is 11.9 Å². The van der Waals surface area contributed by atoms with Gasteiger partial charge in [-0.3, -0.25) is 4.79 Å². The third-order valence-corrected chi connectivity index (χ3v) is 2.89. The van der Waals surface area contributed by atoms with Crippen molar-refractivity contribution in [1.82, 2.24) is 5.32 Å². The monoisotopic (exact) mass is 375 g/mol. The van der Waals surface area contributed by atoms with Gasteiger partial charge in [-0.15, -0.1) is 0 Å². The Morgan fingerprint density at radius 1 is 1.19 bits per heavy atom. The van der Waals surface area contributed by atoms with Gasteiger partial charge in [-0.2, -0.15) is 0 Å². The van der Waals surface area contributed by atoms with E-state index >= 15 is 0 Å². The standard InChI is InChI=1S/C14H14O4.C6H11NO2/c1-11(6-5-9-13(15)16)14(17)18-10-12-7-3-2-4-8-12;1-5(2)6(8)7-4-9-3/h2-5,7-9H,1,6,10H2,(H,15,16);1,4H2,2-3H3,(H,7,8). The van der Waals surface area contributed by atoms with Crippen LogP contribution >= 0.6 is 0 Å². The molecule has 27 heavy (non-hydrogen) atoms. The predicted octanol–water partition coefficient (Wildman–Crippen LogP) is 2.60. The van der Waals surface area contributed by atoms with Gasteiger partial charge in [0.15, 0.2) is 0 Å². The fourth-order valence-corrected chi connectivity index (χ4v) is 1.50. The van der Waals surface area contributed by atoms with Gasteiger partial charge in [0.25, 0.3) is 0 Å². The Morgan fingerprint density at radius 2 is 1.81 bits per heavy atom. The van der Waals surface area contributed by atoms with E-state index in [1.54, 1.807) is 6.92 Å². The second-order valence-electron chi connectivity index (χ2n) is 5.33. The third kappa shape index (κ3) is 12.8. The van der Waals surface area contributed by atoms with E-state index in [-0.39, 0.29) is 31.2 Å². The molecule has 1 aromatic rings.